The number of imidazole rings is 2. The molecule has 6 atom stereocenters. The maximum absolute atomic E-state index is 13.3. The van der Waals surface area contributed by atoms with Gasteiger partial charge in [-0.1, -0.05) is 62.4 Å². The zero-order chi connectivity index (χ0) is 39.3. The van der Waals surface area contributed by atoms with Gasteiger partial charge in [-0.3, -0.25) is 9.69 Å². The van der Waals surface area contributed by atoms with Crippen LogP contribution in [0.5, 0.6) is 0 Å². The number of alkyl carbamates (subject to hydrolysis) is 1. The van der Waals surface area contributed by atoms with Crippen LogP contribution in [-0.4, -0.2) is 74.1 Å². The molecule has 3 fully saturated rings. The molecule has 2 amide bonds. The van der Waals surface area contributed by atoms with Crippen LogP contribution < -0.4 is 10.6 Å². The summed E-state index contributed by atoms with van der Waals surface area (Å²) in [5.74, 6) is 1.71. The summed E-state index contributed by atoms with van der Waals surface area (Å²) in [6.45, 7) is 10.1. The Balaban J connectivity index is 0.927. The second kappa shape index (κ2) is 14.9. The molecule has 12 heteroatoms. The van der Waals surface area contributed by atoms with Gasteiger partial charge in [0.1, 0.15) is 17.2 Å². The molecule has 12 nitrogen and oxygen atoms in total. The Bertz CT molecular complexity index is 2250. The van der Waals surface area contributed by atoms with E-state index in [2.05, 4.69) is 86.2 Å². The number of benzene rings is 3. The van der Waals surface area contributed by atoms with Crippen molar-refractivity contribution in [3.05, 3.63) is 84.7 Å². The molecule has 3 aromatic carbocycles. The molecule has 4 heterocycles. The summed E-state index contributed by atoms with van der Waals surface area (Å²) in [6.07, 6.45) is 6.56. The second-order valence-electron chi connectivity index (χ2n) is 16.9. The molecule has 1 aliphatic carbocycles. The molecule has 2 aromatic heterocycles. The normalized spacial score (nSPS) is 22.5. The van der Waals surface area contributed by atoms with Crippen molar-refractivity contribution in [1.29, 1.82) is 0 Å². The fraction of sp³-hybridized carbons (Fsp3) is 0.432. The highest BCUT2D eigenvalue weighted by molar-refractivity contribution is 5.91. The number of amides is 2. The Kier molecular flexibility index (Phi) is 9.94. The van der Waals surface area contributed by atoms with Gasteiger partial charge in [0, 0.05) is 24.1 Å². The lowest BCUT2D eigenvalue weighted by atomic mass is 9.89. The van der Waals surface area contributed by atoms with Crippen LogP contribution in [0.3, 0.4) is 0 Å². The number of ether oxygens (including phenoxy) is 2. The molecule has 1 saturated carbocycles. The third kappa shape index (κ3) is 7.42. The molecule has 2 aliphatic heterocycles. The molecular formula is C44H51N7O5. The van der Waals surface area contributed by atoms with Crippen molar-refractivity contribution in [3.8, 4) is 33.6 Å². The SMILES string of the molecule is COC(=O)NC(C(=O)C1CNC(c2ncc(-c3ccc4cc(-c5ccc(-c6cnc(C7C8CCC(C8)N7C(=O)OC(C)(C)C)[nH]6)cc5)ccc4c3)[nH]2)C1)C(C)C. The largest absolute Gasteiger partial charge is 0.453 e. The summed E-state index contributed by atoms with van der Waals surface area (Å²) in [6, 6.07) is 20.8. The number of hydrogen-bond acceptors (Lipinski definition) is 8. The van der Waals surface area contributed by atoms with E-state index in [4.69, 9.17) is 14.5 Å². The number of piperidine rings is 1. The van der Waals surface area contributed by atoms with E-state index in [0.717, 1.165) is 75.3 Å². The zero-order valence-electron chi connectivity index (χ0n) is 32.9. The zero-order valence-corrected chi connectivity index (χ0v) is 32.9. The first kappa shape index (κ1) is 37.4. The topological polar surface area (TPSA) is 154 Å². The minimum Gasteiger partial charge on any atom is -0.453 e. The predicted molar refractivity (Wildman–Crippen MR) is 215 cm³/mol. The van der Waals surface area contributed by atoms with Crippen molar-refractivity contribution in [2.75, 3.05) is 13.7 Å². The first-order valence-corrected chi connectivity index (χ1v) is 19.7. The van der Waals surface area contributed by atoms with Crippen LogP contribution in [0.15, 0.2) is 73.1 Å². The average Bonchev–Trinajstić information content (AvgIpc) is 4.04. The minimum absolute atomic E-state index is 0.00362. The lowest BCUT2D eigenvalue weighted by Gasteiger charge is -2.35. The first-order valence-electron chi connectivity index (χ1n) is 19.7. The number of methoxy groups -OCH3 is 1. The minimum atomic E-state index is -0.605. The van der Waals surface area contributed by atoms with Crippen molar-refractivity contribution >= 4 is 28.7 Å². The molecule has 2 bridgehead atoms. The first-order chi connectivity index (χ1) is 26.8. The molecule has 2 saturated heterocycles. The molecule has 0 spiro atoms. The van der Waals surface area contributed by atoms with E-state index in [9.17, 15) is 14.4 Å². The Morgan fingerprint density at radius 3 is 2.14 bits per heavy atom. The molecule has 56 heavy (non-hydrogen) atoms. The van der Waals surface area contributed by atoms with Crippen LogP contribution in [-0.2, 0) is 14.3 Å². The van der Waals surface area contributed by atoms with Crippen LogP contribution in [0.1, 0.15) is 84.0 Å². The maximum atomic E-state index is 13.3. The lowest BCUT2D eigenvalue weighted by molar-refractivity contribution is -0.125. The number of carbonyl (C=O) groups is 3. The van der Waals surface area contributed by atoms with Gasteiger partial charge in [0.15, 0.2) is 5.78 Å². The van der Waals surface area contributed by atoms with Gasteiger partial charge in [-0.05, 0) is 97.9 Å². The summed E-state index contributed by atoms with van der Waals surface area (Å²) >= 11 is 0. The molecule has 4 N–H and O–H groups in total. The van der Waals surface area contributed by atoms with Crippen molar-refractivity contribution in [1.82, 2.24) is 35.5 Å². The van der Waals surface area contributed by atoms with Crippen LogP contribution in [0.25, 0.3) is 44.4 Å². The number of nitrogens with zero attached hydrogens (tertiary/aromatic N) is 3. The predicted octanol–water partition coefficient (Wildman–Crippen LogP) is 8.35. The number of aromatic nitrogens is 4. The molecule has 3 aliphatic rings. The highest BCUT2D eigenvalue weighted by atomic mass is 16.6. The summed E-state index contributed by atoms with van der Waals surface area (Å²) in [5.41, 5.74) is 5.59. The van der Waals surface area contributed by atoms with E-state index in [0.29, 0.717) is 18.9 Å². The molecule has 8 rings (SSSR count). The number of aromatic amines is 2. The lowest BCUT2D eigenvalue weighted by Crippen LogP contribution is -2.47. The Labute approximate surface area is 327 Å². The van der Waals surface area contributed by atoms with Crippen LogP contribution in [0.4, 0.5) is 9.59 Å². The molecular weight excluding hydrogens is 707 g/mol. The molecule has 292 valence electrons. The fourth-order valence-corrected chi connectivity index (χ4v) is 8.81. The third-order valence-corrected chi connectivity index (χ3v) is 11.6. The van der Waals surface area contributed by atoms with Crippen molar-refractivity contribution in [2.45, 2.75) is 90.1 Å². The number of fused-ring (bicyclic) bond motifs is 3. The van der Waals surface area contributed by atoms with Crippen molar-refractivity contribution in [2.24, 2.45) is 17.8 Å². The van der Waals surface area contributed by atoms with Gasteiger partial charge in [-0.2, -0.15) is 0 Å². The smallest absolute Gasteiger partial charge is 0.411 e. The van der Waals surface area contributed by atoms with Gasteiger partial charge >= 0.3 is 12.2 Å². The summed E-state index contributed by atoms with van der Waals surface area (Å²) in [7, 11) is 1.30. The number of carbonyl (C=O) groups excluding carboxylic acids is 3. The van der Waals surface area contributed by atoms with Gasteiger partial charge in [-0.25, -0.2) is 19.6 Å². The fourth-order valence-electron chi connectivity index (χ4n) is 8.81. The average molecular weight is 758 g/mol. The maximum Gasteiger partial charge on any atom is 0.411 e. The Morgan fingerprint density at radius 1 is 0.821 bits per heavy atom. The number of ketones is 1. The highest BCUT2D eigenvalue weighted by Gasteiger charge is 2.51. The molecule has 0 radical (unpaired) electrons. The van der Waals surface area contributed by atoms with E-state index in [1.807, 2.05) is 51.9 Å². The van der Waals surface area contributed by atoms with Crippen molar-refractivity contribution in [3.63, 3.8) is 0 Å². The highest BCUT2D eigenvalue weighted by Crippen LogP contribution is 2.50. The van der Waals surface area contributed by atoms with E-state index in [1.54, 1.807) is 0 Å². The van der Waals surface area contributed by atoms with Crippen molar-refractivity contribution < 1.29 is 23.9 Å². The van der Waals surface area contributed by atoms with Gasteiger partial charge in [0.05, 0.1) is 49.0 Å². The van der Waals surface area contributed by atoms with E-state index >= 15 is 0 Å². The summed E-state index contributed by atoms with van der Waals surface area (Å²) in [4.78, 5) is 56.8. The molecule has 5 aromatic rings. The van der Waals surface area contributed by atoms with E-state index in [-0.39, 0.29) is 41.8 Å². The van der Waals surface area contributed by atoms with Gasteiger partial charge in [0.2, 0.25) is 0 Å². The van der Waals surface area contributed by atoms with Crippen LogP contribution >= 0.6 is 0 Å². The Morgan fingerprint density at radius 2 is 1.45 bits per heavy atom. The Hall–Kier alpha value is -5.49. The third-order valence-electron chi connectivity index (χ3n) is 11.6. The second-order valence-corrected chi connectivity index (χ2v) is 16.9. The monoisotopic (exact) mass is 757 g/mol. The van der Waals surface area contributed by atoms with Crippen LogP contribution in [0.2, 0.25) is 0 Å². The number of H-pyrrole nitrogens is 2. The van der Waals surface area contributed by atoms with E-state index in [1.165, 1.54) is 7.11 Å². The van der Waals surface area contributed by atoms with Gasteiger partial charge in [-0.15, -0.1) is 0 Å². The number of hydrogen-bond donors (Lipinski definition) is 4. The summed E-state index contributed by atoms with van der Waals surface area (Å²) < 4.78 is 10.5. The van der Waals surface area contributed by atoms with Gasteiger partial charge in [0.25, 0.3) is 0 Å². The quantitative estimate of drug-likeness (QED) is 0.117. The molecule has 6 unspecified atom stereocenters. The number of rotatable bonds is 9. The number of likely N-dealkylation sites (tertiary alicyclic amines) is 1. The standard InChI is InChI=1S/C44H51N7O5/c1-24(2)37(50-42(53)55-6)39(52)32-20-34(45-21-32)40-46-23-36(48-40)30-14-13-28-17-27(11-12-29(28)18-30)25-7-9-26(10-8-25)35-22-47-41(49-35)38-31-15-16-33(19-31)51(38)43(54)56-44(3,4)5/h7-14,17-18,22-24,31-34,37-38,45H,15-16,19-21H2,1-6H3,(H,46,48)(H,47,49)(H,50,53). The van der Waals surface area contributed by atoms with Gasteiger partial charge < -0.3 is 30.1 Å². The van der Waals surface area contributed by atoms with E-state index < -0.39 is 17.7 Å². The number of nitrogens with one attached hydrogen (secondary N) is 4. The van der Waals surface area contributed by atoms with Crippen LogP contribution in [0, 0.1) is 17.8 Å². The summed E-state index contributed by atoms with van der Waals surface area (Å²) in [5, 5.41) is 8.39. The number of Topliss-reactive ketones (excluding diaryl/α,β-unsaturated/α-hetero) is 1.